The molecule has 0 bridgehead atoms. The van der Waals surface area contributed by atoms with Gasteiger partial charge < -0.3 is 10.6 Å². The number of thiophene rings is 1. The predicted octanol–water partition coefficient (Wildman–Crippen LogP) is 3.16. The van der Waals surface area contributed by atoms with Crippen LogP contribution in [0.2, 0.25) is 0 Å². The molecule has 1 aliphatic heterocycles. The first-order valence-corrected chi connectivity index (χ1v) is 7.33. The van der Waals surface area contributed by atoms with Gasteiger partial charge in [0.05, 0.1) is 6.04 Å². The van der Waals surface area contributed by atoms with Crippen molar-refractivity contribution in [2.45, 2.75) is 19.4 Å². The Kier molecular flexibility index (Phi) is 3.03. The third-order valence-electron chi connectivity index (χ3n) is 3.78. The molecule has 2 aromatic rings. The Bertz CT molecular complexity index is 617. The number of nitrogens with two attached hydrogens (primary N) is 1. The topological polar surface area (TPSA) is 53.1 Å². The fourth-order valence-corrected chi connectivity index (χ4v) is 3.75. The highest BCUT2D eigenvalue weighted by Crippen LogP contribution is 2.37. The van der Waals surface area contributed by atoms with Gasteiger partial charge in [-0.3, -0.25) is 5.41 Å². The maximum atomic E-state index is 7.73. The zero-order chi connectivity index (χ0) is 13.4. The fraction of sp³-hybridized carbons (Fsp3) is 0.267. The van der Waals surface area contributed by atoms with E-state index in [0.717, 1.165) is 24.2 Å². The lowest BCUT2D eigenvalue weighted by atomic mass is 9.99. The molecular formula is C15H17N3S. The van der Waals surface area contributed by atoms with Crippen LogP contribution in [0.3, 0.4) is 0 Å². The van der Waals surface area contributed by atoms with Crippen molar-refractivity contribution in [1.29, 1.82) is 5.41 Å². The maximum absolute atomic E-state index is 7.73. The third-order valence-corrected chi connectivity index (χ3v) is 4.78. The number of rotatable bonds is 2. The van der Waals surface area contributed by atoms with Crippen LogP contribution < -0.4 is 10.6 Å². The number of nitrogen functional groups attached to an aromatic ring is 1. The Morgan fingerprint density at radius 2 is 2.16 bits per heavy atom. The van der Waals surface area contributed by atoms with Crippen LogP contribution >= 0.6 is 11.3 Å². The van der Waals surface area contributed by atoms with Gasteiger partial charge in [-0.25, -0.2) is 0 Å². The Balaban J connectivity index is 2.03. The van der Waals surface area contributed by atoms with Crippen molar-refractivity contribution < 1.29 is 0 Å². The monoisotopic (exact) mass is 271 g/mol. The number of benzene rings is 1. The molecule has 98 valence electrons. The van der Waals surface area contributed by atoms with Crippen molar-refractivity contribution in [3.63, 3.8) is 0 Å². The quantitative estimate of drug-likeness (QED) is 0.651. The highest BCUT2D eigenvalue weighted by Gasteiger charge is 2.26. The van der Waals surface area contributed by atoms with Gasteiger partial charge in [0.25, 0.3) is 0 Å². The molecule has 1 aromatic heterocycles. The molecule has 1 unspecified atom stereocenters. The molecule has 3 nitrogen and oxygen atoms in total. The van der Waals surface area contributed by atoms with E-state index in [-0.39, 0.29) is 5.84 Å². The van der Waals surface area contributed by atoms with Crippen LogP contribution in [0.1, 0.15) is 29.0 Å². The number of nitrogens with zero attached hydrogens (tertiary/aromatic N) is 1. The van der Waals surface area contributed by atoms with Gasteiger partial charge in [0, 0.05) is 22.7 Å². The van der Waals surface area contributed by atoms with E-state index in [0.29, 0.717) is 6.04 Å². The van der Waals surface area contributed by atoms with Crippen molar-refractivity contribution in [1.82, 2.24) is 0 Å². The summed E-state index contributed by atoms with van der Waals surface area (Å²) in [5, 5.41) is 9.90. The average Bonchev–Trinajstić information content (AvgIpc) is 2.88. The molecule has 0 amide bonds. The summed E-state index contributed by atoms with van der Waals surface area (Å²) < 4.78 is 0. The minimum Gasteiger partial charge on any atom is -0.384 e. The van der Waals surface area contributed by atoms with Gasteiger partial charge in [0.1, 0.15) is 5.84 Å². The molecule has 3 rings (SSSR count). The zero-order valence-corrected chi connectivity index (χ0v) is 11.7. The fourth-order valence-electron chi connectivity index (χ4n) is 2.79. The molecule has 4 heteroatoms. The summed E-state index contributed by atoms with van der Waals surface area (Å²) in [6, 6.07) is 10.5. The van der Waals surface area contributed by atoms with E-state index in [1.807, 2.05) is 29.5 Å². The van der Waals surface area contributed by atoms with Gasteiger partial charge in [-0.1, -0.05) is 12.1 Å². The van der Waals surface area contributed by atoms with Crippen LogP contribution in [0, 0.1) is 5.41 Å². The Morgan fingerprint density at radius 1 is 1.37 bits per heavy atom. The average molecular weight is 271 g/mol. The molecule has 2 heterocycles. The molecule has 0 fully saturated rings. The molecule has 0 radical (unpaired) electrons. The zero-order valence-electron chi connectivity index (χ0n) is 10.9. The van der Waals surface area contributed by atoms with E-state index in [1.54, 1.807) is 0 Å². The number of fused-ring (bicyclic) bond motifs is 1. The van der Waals surface area contributed by atoms with Crippen LogP contribution in [0.4, 0.5) is 5.69 Å². The molecule has 3 N–H and O–H groups in total. The van der Waals surface area contributed by atoms with Crippen LogP contribution in [0.25, 0.3) is 0 Å². The molecule has 1 aromatic carbocycles. The summed E-state index contributed by atoms with van der Waals surface area (Å²) in [5.74, 6) is 0.138. The molecule has 19 heavy (non-hydrogen) atoms. The van der Waals surface area contributed by atoms with Gasteiger partial charge in [-0.05, 0) is 42.5 Å². The second-order valence-electron chi connectivity index (χ2n) is 4.85. The highest BCUT2D eigenvalue weighted by atomic mass is 32.1. The SMILES string of the molecule is CC1c2ccsc2CCN1c1ccccc1C(=N)N. The van der Waals surface area contributed by atoms with Crippen LogP contribution in [0.5, 0.6) is 0 Å². The smallest absolute Gasteiger partial charge is 0.124 e. The molecule has 1 aliphatic rings. The number of hydrogen-bond acceptors (Lipinski definition) is 3. The first-order chi connectivity index (χ1) is 9.18. The van der Waals surface area contributed by atoms with Gasteiger partial charge >= 0.3 is 0 Å². The van der Waals surface area contributed by atoms with E-state index in [2.05, 4.69) is 29.3 Å². The van der Waals surface area contributed by atoms with Gasteiger partial charge in [0.15, 0.2) is 0 Å². The van der Waals surface area contributed by atoms with Crippen LogP contribution in [-0.4, -0.2) is 12.4 Å². The molecular weight excluding hydrogens is 254 g/mol. The van der Waals surface area contributed by atoms with Crippen molar-refractivity contribution in [2.24, 2.45) is 5.73 Å². The first kappa shape index (κ1) is 12.2. The van der Waals surface area contributed by atoms with Gasteiger partial charge in [-0.2, -0.15) is 0 Å². The van der Waals surface area contributed by atoms with Crippen molar-refractivity contribution >= 4 is 22.9 Å². The molecule has 1 atom stereocenters. The Morgan fingerprint density at radius 3 is 2.95 bits per heavy atom. The Hall–Kier alpha value is -1.81. The number of para-hydroxylation sites is 1. The highest BCUT2D eigenvalue weighted by molar-refractivity contribution is 7.10. The van der Waals surface area contributed by atoms with Crippen molar-refractivity contribution in [2.75, 3.05) is 11.4 Å². The second-order valence-corrected chi connectivity index (χ2v) is 5.85. The summed E-state index contributed by atoms with van der Waals surface area (Å²) in [6.45, 7) is 3.21. The van der Waals surface area contributed by atoms with Crippen LogP contribution in [0.15, 0.2) is 35.7 Å². The lowest BCUT2D eigenvalue weighted by molar-refractivity contribution is 0.632. The lowest BCUT2D eigenvalue weighted by Crippen LogP contribution is -2.34. The van der Waals surface area contributed by atoms with E-state index in [9.17, 15) is 0 Å². The number of amidine groups is 1. The predicted molar refractivity (Wildman–Crippen MR) is 81.2 cm³/mol. The molecule has 0 saturated carbocycles. The lowest BCUT2D eigenvalue weighted by Gasteiger charge is -2.36. The summed E-state index contributed by atoms with van der Waals surface area (Å²) in [4.78, 5) is 3.84. The van der Waals surface area contributed by atoms with E-state index in [1.165, 1.54) is 10.4 Å². The number of anilines is 1. The van der Waals surface area contributed by atoms with Gasteiger partial charge in [0.2, 0.25) is 0 Å². The minimum atomic E-state index is 0.138. The Labute approximate surface area is 117 Å². The largest absolute Gasteiger partial charge is 0.384 e. The van der Waals surface area contributed by atoms with E-state index < -0.39 is 0 Å². The van der Waals surface area contributed by atoms with E-state index >= 15 is 0 Å². The molecule has 0 spiro atoms. The van der Waals surface area contributed by atoms with Gasteiger partial charge in [-0.15, -0.1) is 11.3 Å². The first-order valence-electron chi connectivity index (χ1n) is 6.45. The summed E-state index contributed by atoms with van der Waals surface area (Å²) in [5.41, 5.74) is 9.01. The normalized spacial score (nSPS) is 18.2. The van der Waals surface area contributed by atoms with Crippen molar-refractivity contribution in [3.8, 4) is 0 Å². The van der Waals surface area contributed by atoms with Crippen molar-refractivity contribution in [3.05, 3.63) is 51.7 Å². The number of hydrogen-bond donors (Lipinski definition) is 2. The summed E-state index contributed by atoms with van der Waals surface area (Å²) >= 11 is 1.84. The third kappa shape index (κ3) is 2.02. The van der Waals surface area contributed by atoms with Crippen LogP contribution in [-0.2, 0) is 6.42 Å². The van der Waals surface area contributed by atoms with E-state index in [4.69, 9.17) is 11.1 Å². The number of nitrogens with one attached hydrogen (secondary N) is 1. The summed E-state index contributed by atoms with van der Waals surface area (Å²) in [6.07, 6.45) is 1.07. The minimum absolute atomic E-state index is 0.138. The molecule has 0 aliphatic carbocycles. The summed E-state index contributed by atoms with van der Waals surface area (Å²) in [7, 11) is 0. The standard InChI is InChI=1S/C15H17N3S/c1-10-11-7-9-19-14(11)6-8-18(10)13-5-3-2-4-12(13)15(16)17/h2-5,7,9-10H,6,8H2,1H3,(H3,16,17). The maximum Gasteiger partial charge on any atom is 0.124 e. The second kappa shape index (κ2) is 4.70. The molecule has 0 saturated heterocycles.